The molecule has 0 aliphatic heterocycles. The van der Waals surface area contributed by atoms with Crippen molar-refractivity contribution < 1.29 is 9.15 Å². The van der Waals surface area contributed by atoms with Gasteiger partial charge in [-0.25, -0.2) is 0 Å². The van der Waals surface area contributed by atoms with Gasteiger partial charge in [-0.05, 0) is 24.6 Å². The third-order valence-corrected chi connectivity index (χ3v) is 2.74. The van der Waals surface area contributed by atoms with Gasteiger partial charge in [0.15, 0.2) is 5.58 Å². The zero-order chi connectivity index (χ0) is 13.0. The van der Waals surface area contributed by atoms with Crippen molar-refractivity contribution in [2.24, 2.45) is 0 Å². The average Bonchev–Trinajstić information content (AvgIpc) is 2.71. The van der Waals surface area contributed by atoms with Gasteiger partial charge >= 0.3 is 0 Å². The minimum atomic E-state index is 0.213. The molecule has 2 rings (SSSR count). The number of aromatic nitrogens is 1. The number of fused-ring (bicyclic) bond motifs is 1. The van der Waals surface area contributed by atoms with Crippen molar-refractivity contribution in [2.75, 3.05) is 24.8 Å². The maximum Gasteiger partial charge on any atom is 0.295 e. The third-order valence-electron chi connectivity index (χ3n) is 2.74. The van der Waals surface area contributed by atoms with Crippen LogP contribution < -0.4 is 11.1 Å². The molecular weight excluding hydrogens is 230 g/mol. The summed E-state index contributed by atoms with van der Waals surface area (Å²) >= 11 is 0. The molecule has 5 heteroatoms. The Kier molecular flexibility index (Phi) is 4.04. The fraction of sp³-hybridized carbons (Fsp3) is 0.462. The monoisotopic (exact) mass is 249 g/mol. The molecule has 0 saturated carbocycles. The lowest BCUT2D eigenvalue weighted by atomic mass is 10.2. The number of hydrogen-bond donors (Lipinski definition) is 2. The van der Waals surface area contributed by atoms with E-state index in [1.54, 1.807) is 19.2 Å². The molecule has 18 heavy (non-hydrogen) atoms. The molecule has 0 fully saturated rings. The molecule has 0 aliphatic rings. The number of ether oxygens (including phenoxy) is 1. The van der Waals surface area contributed by atoms with Crippen molar-refractivity contribution in [3.63, 3.8) is 0 Å². The largest absolute Gasteiger partial charge is 0.424 e. The predicted molar refractivity (Wildman–Crippen MR) is 72.6 cm³/mol. The molecule has 2 aromatic rings. The molecule has 0 radical (unpaired) electrons. The lowest BCUT2D eigenvalue weighted by molar-refractivity contribution is 0.181. The van der Waals surface area contributed by atoms with Crippen LogP contribution >= 0.6 is 0 Å². The maximum atomic E-state index is 5.71. The number of benzene rings is 1. The predicted octanol–water partition coefficient (Wildman–Crippen LogP) is 2.64. The Morgan fingerprint density at radius 1 is 1.50 bits per heavy atom. The van der Waals surface area contributed by atoms with Crippen LogP contribution in [0.3, 0.4) is 0 Å². The Hall–Kier alpha value is -1.75. The summed E-state index contributed by atoms with van der Waals surface area (Å²) in [5.74, 6) is 0. The van der Waals surface area contributed by atoms with Crippen LogP contribution in [0.5, 0.6) is 0 Å². The zero-order valence-electron chi connectivity index (χ0n) is 10.8. The van der Waals surface area contributed by atoms with Gasteiger partial charge in [-0.1, -0.05) is 13.3 Å². The van der Waals surface area contributed by atoms with Crippen LogP contribution in [-0.2, 0) is 4.74 Å². The number of oxazole rings is 1. The first-order valence-corrected chi connectivity index (χ1v) is 6.14. The number of nitrogen functional groups attached to an aromatic ring is 1. The normalized spacial score (nSPS) is 12.8. The first-order chi connectivity index (χ1) is 8.72. The summed E-state index contributed by atoms with van der Waals surface area (Å²) in [6.45, 7) is 2.77. The van der Waals surface area contributed by atoms with E-state index in [2.05, 4.69) is 17.2 Å². The number of anilines is 2. The number of rotatable bonds is 6. The summed E-state index contributed by atoms with van der Waals surface area (Å²) in [7, 11) is 1.69. The number of nitrogens with zero attached hydrogens (tertiary/aromatic N) is 1. The van der Waals surface area contributed by atoms with E-state index in [9.17, 15) is 0 Å². The Labute approximate surface area is 106 Å². The Morgan fingerprint density at radius 3 is 3.06 bits per heavy atom. The van der Waals surface area contributed by atoms with Crippen molar-refractivity contribution in [3.8, 4) is 0 Å². The Morgan fingerprint density at radius 2 is 2.33 bits per heavy atom. The van der Waals surface area contributed by atoms with Crippen LogP contribution in [-0.4, -0.2) is 24.7 Å². The Balaban J connectivity index is 2.14. The summed E-state index contributed by atoms with van der Waals surface area (Å²) in [4.78, 5) is 4.36. The van der Waals surface area contributed by atoms with Crippen LogP contribution in [0.4, 0.5) is 11.7 Å². The second-order valence-electron chi connectivity index (χ2n) is 4.33. The highest BCUT2D eigenvalue weighted by molar-refractivity contribution is 5.78. The second kappa shape index (κ2) is 5.73. The van der Waals surface area contributed by atoms with Crippen LogP contribution in [0.2, 0.25) is 0 Å². The average molecular weight is 249 g/mol. The molecule has 98 valence electrons. The minimum Gasteiger partial charge on any atom is -0.424 e. The van der Waals surface area contributed by atoms with E-state index in [4.69, 9.17) is 14.9 Å². The van der Waals surface area contributed by atoms with E-state index in [0.717, 1.165) is 23.9 Å². The molecular formula is C13H19N3O2. The topological polar surface area (TPSA) is 73.3 Å². The molecule has 0 saturated heterocycles. The van der Waals surface area contributed by atoms with Crippen molar-refractivity contribution in [2.45, 2.75) is 25.8 Å². The van der Waals surface area contributed by atoms with Gasteiger partial charge in [-0.3, -0.25) is 0 Å². The smallest absolute Gasteiger partial charge is 0.295 e. The van der Waals surface area contributed by atoms with Gasteiger partial charge in [0.2, 0.25) is 0 Å². The molecule has 0 bridgehead atoms. The number of methoxy groups -OCH3 is 1. The van der Waals surface area contributed by atoms with Crippen LogP contribution in [0.25, 0.3) is 11.1 Å². The number of nitrogens with two attached hydrogens (primary N) is 1. The molecule has 1 aromatic heterocycles. The molecule has 0 aliphatic carbocycles. The van der Waals surface area contributed by atoms with Gasteiger partial charge in [-0.2, -0.15) is 4.98 Å². The molecule has 3 N–H and O–H groups in total. The van der Waals surface area contributed by atoms with E-state index < -0.39 is 0 Å². The summed E-state index contributed by atoms with van der Waals surface area (Å²) in [6, 6.07) is 6.16. The van der Waals surface area contributed by atoms with Gasteiger partial charge in [0.25, 0.3) is 6.01 Å². The highest BCUT2D eigenvalue weighted by Gasteiger charge is 2.12. The molecule has 1 aromatic carbocycles. The highest BCUT2D eigenvalue weighted by Crippen LogP contribution is 2.21. The molecule has 1 atom stereocenters. The molecule has 1 unspecified atom stereocenters. The van der Waals surface area contributed by atoms with E-state index in [-0.39, 0.29) is 6.04 Å². The SMILES string of the molecule is CCCC(COC)Nc1nc2cc(N)ccc2o1. The van der Waals surface area contributed by atoms with Crippen LogP contribution in [0, 0.1) is 0 Å². The van der Waals surface area contributed by atoms with E-state index >= 15 is 0 Å². The zero-order valence-corrected chi connectivity index (χ0v) is 10.8. The molecule has 1 heterocycles. The Bertz CT molecular complexity index is 504. The van der Waals surface area contributed by atoms with Crippen molar-refractivity contribution in [1.29, 1.82) is 0 Å². The summed E-state index contributed by atoms with van der Waals surface area (Å²) in [5.41, 5.74) is 7.90. The van der Waals surface area contributed by atoms with E-state index in [1.807, 2.05) is 6.07 Å². The quantitative estimate of drug-likeness (QED) is 0.770. The number of nitrogens with one attached hydrogen (secondary N) is 1. The second-order valence-corrected chi connectivity index (χ2v) is 4.33. The van der Waals surface area contributed by atoms with Gasteiger partial charge in [0.1, 0.15) is 5.52 Å². The summed E-state index contributed by atoms with van der Waals surface area (Å²) in [5, 5.41) is 3.25. The maximum absolute atomic E-state index is 5.71. The van der Waals surface area contributed by atoms with Crippen molar-refractivity contribution in [3.05, 3.63) is 18.2 Å². The minimum absolute atomic E-state index is 0.213. The molecule has 5 nitrogen and oxygen atoms in total. The van der Waals surface area contributed by atoms with Gasteiger partial charge < -0.3 is 20.2 Å². The van der Waals surface area contributed by atoms with Crippen molar-refractivity contribution >= 4 is 22.8 Å². The van der Waals surface area contributed by atoms with E-state index in [0.29, 0.717) is 18.3 Å². The van der Waals surface area contributed by atoms with Crippen LogP contribution in [0.1, 0.15) is 19.8 Å². The molecule has 0 spiro atoms. The van der Waals surface area contributed by atoms with Crippen LogP contribution in [0.15, 0.2) is 22.6 Å². The standard InChI is InChI=1S/C13H19N3O2/c1-3-4-10(8-17-2)15-13-16-11-7-9(14)5-6-12(11)18-13/h5-7,10H,3-4,8,14H2,1-2H3,(H,15,16). The third kappa shape index (κ3) is 2.92. The molecule has 0 amide bonds. The fourth-order valence-electron chi connectivity index (χ4n) is 1.93. The number of hydrogen-bond acceptors (Lipinski definition) is 5. The van der Waals surface area contributed by atoms with Gasteiger partial charge in [-0.15, -0.1) is 0 Å². The lowest BCUT2D eigenvalue weighted by Crippen LogP contribution is -2.24. The summed E-state index contributed by atoms with van der Waals surface area (Å²) < 4.78 is 10.8. The summed E-state index contributed by atoms with van der Waals surface area (Å²) in [6.07, 6.45) is 2.09. The first kappa shape index (κ1) is 12.7. The fourth-order valence-corrected chi connectivity index (χ4v) is 1.93. The van der Waals surface area contributed by atoms with Gasteiger partial charge in [0, 0.05) is 12.8 Å². The highest BCUT2D eigenvalue weighted by atomic mass is 16.5. The lowest BCUT2D eigenvalue weighted by Gasteiger charge is -2.15. The van der Waals surface area contributed by atoms with Crippen molar-refractivity contribution in [1.82, 2.24) is 4.98 Å². The first-order valence-electron chi connectivity index (χ1n) is 6.14. The van der Waals surface area contributed by atoms with Gasteiger partial charge in [0.05, 0.1) is 12.6 Å². The van der Waals surface area contributed by atoms with E-state index in [1.165, 1.54) is 0 Å².